The summed E-state index contributed by atoms with van der Waals surface area (Å²) in [6, 6.07) is 24.1. The second-order valence-electron chi connectivity index (χ2n) is 7.40. The number of hydrogen-bond donors (Lipinski definition) is 0. The van der Waals surface area contributed by atoms with Gasteiger partial charge in [-0.25, -0.2) is 9.59 Å². The molecule has 0 radical (unpaired) electrons. The van der Waals surface area contributed by atoms with E-state index in [1.165, 1.54) is 24.3 Å². The van der Waals surface area contributed by atoms with Crippen molar-refractivity contribution in [3.05, 3.63) is 96.1 Å². The molecule has 3 aromatic carbocycles. The topological polar surface area (TPSA) is 61.8 Å². The molecule has 1 heterocycles. The van der Waals surface area contributed by atoms with E-state index in [9.17, 15) is 18.4 Å². The molecule has 0 aromatic heterocycles. The zero-order chi connectivity index (χ0) is 23.4. The molecule has 0 N–H and O–H groups in total. The summed E-state index contributed by atoms with van der Waals surface area (Å²) in [6.45, 7) is -0.504. The summed E-state index contributed by atoms with van der Waals surface area (Å²) >= 11 is 2.77. The standard InChI is InChI=1S/C25H19BrF2O5/c26-24-25(27,28)21(20(32-24)15-31-22(29)18-9-5-2-6-10-18)33-23(30)19-13-11-17(12-14-19)16-7-3-1-4-8-16/h1-14,20-21,24H,15H2/t20-,21-,24+/m1/s1. The van der Waals surface area contributed by atoms with E-state index < -0.39 is 41.7 Å². The number of benzene rings is 3. The van der Waals surface area contributed by atoms with E-state index in [1.807, 2.05) is 30.3 Å². The number of carbonyl (C=O) groups excluding carboxylic acids is 2. The van der Waals surface area contributed by atoms with Crippen molar-refractivity contribution >= 4 is 27.9 Å². The van der Waals surface area contributed by atoms with Crippen LogP contribution in [0, 0.1) is 0 Å². The monoisotopic (exact) mass is 516 g/mol. The Hall–Kier alpha value is -3.10. The fraction of sp³-hybridized carbons (Fsp3) is 0.200. The quantitative estimate of drug-likeness (QED) is 0.320. The van der Waals surface area contributed by atoms with E-state index in [2.05, 4.69) is 15.9 Å². The fourth-order valence-electron chi connectivity index (χ4n) is 3.40. The van der Waals surface area contributed by atoms with Gasteiger partial charge in [0.25, 0.3) is 0 Å². The van der Waals surface area contributed by atoms with Crippen LogP contribution in [0.2, 0.25) is 0 Å². The third-order valence-electron chi connectivity index (χ3n) is 5.16. The molecule has 0 aliphatic carbocycles. The van der Waals surface area contributed by atoms with Gasteiger partial charge in [0.05, 0.1) is 11.1 Å². The first-order chi connectivity index (χ1) is 15.9. The summed E-state index contributed by atoms with van der Waals surface area (Å²) < 4.78 is 44.8. The Morgan fingerprint density at radius 1 is 0.818 bits per heavy atom. The highest BCUT2D eigenvalue weighted by atomic mass is 79.9. The van der Waals surface area contributed by atoms with Gasteiger partial charge in [-0.15, -0.1) is 0 Å². The summed E-state index contributed by atoms with van der Waals surface area (Å²) in [4.78, 5) is 24.8. The van der Waals surface area contributed by atoms with Crippen LogP contribution >= 0.6 is 15.9 Å². The van der Waals surface area contributed by atoms with Gasteiger partial charge in [0.2, 0.25) is 0 Å². The summed E-state index contributed by atoms with van der Waals surface area (Å²) in [5.74, 6) is -5.14. The van der Waals surface area contributed by atoms with E-state index in [-0.39, 0.29) is 11.1 Å². The molecular weight excluding hydrogens is 498 g/mol. The Bertz CT molecular complexity index is 1110. The molecule has 1 fully saturated rings. The largest absolute Gasteiger partial charge is 0.459 e. The maximum absolute atomic E-state index is 14.7. The van der Waals surface area contributed by atoms with Crippen LogP contribution in [-0.2, 0) is 14.2 Å². The van der Waals surface area contributed by atoms with Gasteiger partial charge in [0.15, 0.2) is 11.1 Å². The Morgan fingerprint density at radius 2 is 1.36 bits per heavy atom. The average molecular weight is 517 g/mol. The molecule has 1 aliphatic rings. The Labute approximate surface area is 197 Å². The predicted octanol–water partition coefficient (Wildman–Crippen LogP) is 5.49. The Kier molecular flexibility index (Phi) is 6.85. The van der Waals surface area contributed by atoms with Crippen molar-refractivity contribution in [2.24, 2.45) is 0 Å². The van der Waals surface area contributed by atoms with Crippen molar-refractivity contribution in [2.45, 2.75) is 23.1 Å². The maximum atomic E-state index is 14.7. The van der Waals surface area contributed by atoms with Crippen molar-refractivity contribution in [1.29, 1.82) is 0 Å². The van der Waals surface area contributed by atoms with Crippen LogP contribution in [0.25, 0.3) is 11.1 Å². The molecule has 4 rings (SSSR count). The molecule has 3 aromatic rings. The first kappa shape index (κ1) is 23.1. The van der Waals surface area contributed by atoms with Crippen LogP contribution in [-0.4, -0.2) is 41.7 Å². The van der Waals surface area contributed by atoms with Gasteiger partial charge in [-0.1, -0.05) is 76.6 Å². The van der Waals surface area contributed by atoms with Crippen molar-refractivity contribution < 1.29 is 32.6 Å². The molecule has 0 spiro atoms. The van der Waals surface area contributed by atoms with Crippen LogP contribution in [0.3, 0.4) is 0 Å². The molecule has 33 heavy (non-hydrogen) atoms. The van der Waals surface area contributed by atoms with Crippen molar-refractivity contribution in [3.63, 3.8) is 0 Å². The van der Waals surface area contributed by atoms with E-state index in [4.69, 9.17) is 14.2 Å². The number of halogens is 3. The highest BCUT2D eigenvalue weighted by Crippen LogP contribution is 2.41. The number of alkyl halides is 3. The smallest absolute Gasteiger partial charge is 0.338 e. The lowest BCUT2D eigenvalue weighted by atomic mass is 10.0. The third kappa shape index (κ3) is 5.12. The van der Waals surface area contributed by atoms with Gasteiger partial charge in [0.1, 0.15) is 12.7 Å². The van der Waals surface area contributed by atoms with Gasteiger partial charge in [-0.05, 0) is 35.4 Å². The third-order valence-corrected chi connectivity index (χ3v) is 5.99. The number of carbonyl (C=O) groups is 2. The van der Waals surface area contributed by atoms with Gasteiger partial charge in [0, 0.05) is 0 Å². The molecular formula is C25H19BrF2O5. The Balaban J connectivity index is 1.44. The van der Waals surface area contributed by atoms with Crippen molar-refractivity contribution in [1.82, 2.24) is 0 Å². The number of ether oxygens (including phenoxy) is 3. The summed E-state index contributed by atoms with van der Waals surface area (Å²) in [6.07, 6.45) is -3.28. The van der Waals surface area contributed by atoms with Crippen molar-refractivity contribution in [3.8, 4) is 11.1 Å². The summed E-state index contributed by atoms with van der Waals surface area (Å²) in [5.41, 5.74) is 2.21. The molecule has 3 atom stereocenters. The van der Waals surface area contributed by atoms with Crippen LogP contribution < -0.4 is 0 Å². The lowest BCUT2D eigenvalue weighted by Crippen LogP contribution is -2.43. The zero-order valence-corrected chi connectivity index (χ0v) is 18.8. The van der Waals surface area contributed by atoms with Crippen LogP contribution in [0.5, 0.6) is 0 Å². The summed E-state index contributed by atoms with van der Waals surface area (Å²) in [7, 11) is 0. The van der Waals surface area contributed by atoms with E-state index in [0.29, 0.717) is 0 Å². The number of esters is 2. The molecule has 0 unspecified atom stereocenters. The molecule has 1 aliphatic heterocycles. The maximum Gasteiger partial charge on any atom is 0.338 e. The molecule has 5 nitrogen and oxygen atoms in total. The second kappa shape index (κ2) is 9.80. The molecule has 8 heteroatoms. The van der Waals surface area contributed by atoms with Crippen LogP contribution in [0.4, 0.5) is 8.78 Å². The Morgan fingerprint density at radius 3 is 2.00 bits per heavy atom. The molecule has 0 saturated carbocycles. The van der Waals surface area contributed by atoms with E-state index in [0.717, 1.165) is 11.1 Å². The summed E-state index contributed by atoms with van der Waals surface area (Å²) in [5, 5.41) is -1.69. The predicted molar refractivity (Wildman–Crippen MR) is 120 cm³/mol. The molecule has 0 amide bonds. The highest BCUT2D eigenvalue weighted by molar-refractivity contribution is 9.09. The van der Waals surface area contributed by atoms with Crippen LogP contribution in [0.15, 0.2) is 84.9 Å². The van der Waals surface area contributed by atoms with Gasteiger partial charge < -0.3 is 14.2 Å². The lowest BCUT2D eigenvalue weighted by molar-refractivity contribution is -0.0983. The van der Waals surface area contributed by atoms with Gasteiger partial charge in [-0.3, -0.25) is 0 Å². The zero-order valence-electron chi connectivity index (χ0n) is 17.2. The highest BCUT2D eigenvalue weighted by Gasteiger charge is 2.60. The van der Waals surface area contributed by atoms with Crippen LogP contribution in [0.1, 0.15) is 20.7 Å². The first-order valence-electron chi connectivity index (χ1n) is 10.1. The minimum atomic E-state index is -3.52. The minimum absolute atomic E-state index is 0.114. The second-order valence-corrected chi connectivity index (χ2v) is 8.23. The van der Waals surface area contributed by atoms with Crippen molar-refractivity contribution in [2.75, 3.05) is 6.61 Å². The SMILES string of the molecule is O=C(OC[C@H]1O[C@H](Br)C(F)(F)[C@@H]1OC(=O)c1ccc(-c2ccccc2)cc1)c1ccccc1. The lowest BCUT2D eigenvalue weighted by Gasteiger charge is -2.22. The van der Waals surface area contributed by atoms with E-state index >= 15 is 0 Å². The van der Waals surface area contributed by atoms with Gasteiger partial charge in [-0.2, -0.15) is 8.78 Å². The fourth-order valence-corrected chi connectivity index (χ4v) is 3.94. The average Bonchev–Trinajstić information content (AvgIpc) is 3.06. The minimum Gasteiger partial charge on any atom is -0.459 e. The molecule has 170 valence electrons. The van der Waals surface area contributed by atoms with Gasteiger partial charge >= 0.3 is 17.9 Å². The molecule has 0 bridgehead atoms. The normalized spacial score (nSPS) is 21.4. The molecule has 1 saturated heterocycles. The number of rotatable bonds is 6. The number of hydrogen-bond acceptors (Lipinski definition) is 5. The first-order valence-corrected chi connectivity index (χ1v) is 11.0. The van der Waals surface area contributed by atoms with E-state index in [1.54, 1.807) is 30.3 Å².